The predicted octanol–water partition coefficient (Wildman–Crippen LogP) is -0.963. The fourth-order valence-electron chi connectivity index (χ4n) is 2.94. The van der Waals surface area contributed by atoms with Gasteiger partial charge in [-0.3, -0.25) is 10.1 Å². The van der Waals surface area contributed by atoms with Crippen molar-refractivity contribution in [3.8, 4) is 0 Å². The average molecular weight is 383 g/mol. The third-order valence-electron chi connectivity index (χ3n) is 4.95. The Bertz CT molecular complexity index is 786. The van der Waals surface area contributed by atoms with Crippen molar-refractivity contribution >= 4 is 22.0 Å². The Morgan fingerprint density at radius 1 is 1.15 bits per heavy atom. The molecular weight excluding hydrogens is 356 g/mol. The molecule has 3 amide bonds. The molecule has 1 aliphatic heterocycles. The first kappa shape index (κ1) is 20.3. The number of hydrogen-bond donors (Lipinski definition) is 3. The molecule has 0 radical (unpaired) electrons. The highest BCUT2D eigenvalue weighted by Gasteiger charge is 2.34. The lowest BCUT2D eigenvalue weighted by Crippen LogP contribution is -3.19. The van der Waals surface area contributed by atoms with Gasteiger partial charge in [0.15, 0.2) is 6.04 Å². The molecule has 3 N–H and O–H groups in total. The average Bonchev–Trinajstić information content (AvgIpc) is 2.63. The lowest BCUT2D eigenvalue weighted by molar-refractivity contribution is -0.917. The number of urea groups is 1. The van der Waals surface area contributed by atoms with Crippen LogP contribution in [0.25, 0.3) is 0 Å². The van der Waals surface area contributed by atoms with E-state index in [-0.39, 0.29) is 5.91 Å². The van der Waals surface area contributed by atoms with Gasteiger partial charge in [0.25, 0.3) is 5.91 Å². The van der Waals surface area contributed by atoms with Gasteiger partial charge in [-0.2, -0.15) is 4.31 Å². The van der Waals surface area contributed by atoms with Crippen molar-refractivity contribution in [1.82, 2.24) is 14.9 Å². The van der Waals surface area contributed by atoms with E-state index < -0.39 is 22.1 Å². The number of amides is 3. The second-order valence-corrected chi connectivity index (χ2v) is 8.54. The fraction of sp³-hybridized carbons (Fsp3) is 0.529. The van der Waals surface area contributed by atoms with Crippen LogP contribution in [-0.4, -0.2) is 63.9 Å². The Kier molecular flexibility index (Phi) is 6.38. The van der Waals surface area contributed by atoms with Gasteiger partial charge in [-0.15, -0.1) is 0 Å². The number of rotatable bonds is 4. The number of sulfonamides is 1. The number of nitrogens with one attached hydrogen (secondary N) is 3. The lowest BCUT2D eigenvalue weighted by atomic mass is 10.1. The van der Waals surface area contributed by atoms with E-state index in [1.807, 2.05) is 19.9 Å². The number of hydrogen-bond acceptors (Lipinski definition) is 4. The summed E-state index contributed by atoms with van der Waals surface area (Å²) in [5, 5.41) is 4.60. The third kappa shape index (κ3) is 4.40. The van der Waals surface area contributed by atoms with Crippen molar-refractivity contribution in [3.05, 3.63) is 29.3 Å². The molecule has 1 saturated heterocycles. The normalized spacial score (nSPS) is 17.5. The first-order valence-corrected chi connectivity index (χ1v) is 10.1. The number of imide groups is 1. The Labute approximate surface area is 154 Å². The van der Waals surface area contributed by atoms with Crippen molar-refractivity contribution in [3.63, 3.8) is 0 Å². The molecule has 0 aromatic heterocycles. The molecule has 0 saturated carbocycles. The Morgan fingerprint density at radius 3 is 2.31 bits per heavy atom. The summed E-state index contributed by atoms with van der Waals surface area (Å²) in [6.07, 6.45) is 0. The van der Waals surface area contributed by atoms with Crippen LogP contribution in [-0.2, 0) is 14.8 Å². The number of carbonyl (C=O) groups is 2. The topological polar surface area (TPSA) is 100 Å². The van der Waals surface area contributed by atoms with E-state index in [4.69, 9.17) is 0 Å². The molecule has 1 fully saturated rings. The summed E-state index contributed by atoms with van der Waals surface area (Å²) in [5.41, 5.74) is 1.99. The summed E-state index contributed by atoms with van der Waals surface area (Å²) in [7, 11) is -2.10. The number of aryl methyl sites for hydroxylation is 2. The van der Waals surface area contributed by atoms with Crippen LogP contribution in [0.2, 0.25) is 0 Å². The molecule has 0 spiro atoms. The maximum atomic E-state index is 12.8. The summed E-state index contributed by atoms with van der Waals surface area (Å²) < 4.78 is 27.1. The Balaban J connectivity index is 2.02. The molecule has 1 aromatic rings. The van der Waals surface area contributed by atoms with Crippen LogP contribution in [0.15, 0.2) is 23.1 Å². The predicted molar refractivity (Wildman–Crippen MR) is 97.4 cm³/mol. The van der Waals surface area contributed by atoms with E-state index in [0.717, 1.165) is 16.0 Å². The first-order valence-electron chi connectivity index (χ1n) is 8.61. The summed E-state index contributed by atoms with van der Waals surface area (Å²) in [6.45, 7) is 7.26. The van der Waals surface area contributed by atoms with Gasteiger partial charge in [0.1, 0.15) is 0 Å². The highest BCUT2D eigenvalue weighted by Crippen LogP contribution is 2.19. The van der Waals surface area contributed by atoms with E-state index >= 15 is 0 Å². The van der Waals surface area contributed by atoms with Crippen LogP contribution >= 0.6 is 0 Å². The first-order chi connectivity index (χ1) is 12.2. The van der Waals surface area contributed by atoms with Crippen LogP contribution in [0.1, 0.15) is 18.1 Å². The molecule has 8 nitrogen and oxygen atoms in total. The van der Waals surface area contributed by atoms with Crippen LogP contribution in [0.4, 0.5) is 4.79 Å². The SMILES string of the molecule is CNC(=O)NC(=O)[C@H](C)[NH+]1CCN(S(=O)(=O)c2ccc(C)c(C)c2)CC1. The molecule has 0 aliphatic carbocycles. The summed E-state index contributed by atoms with van der Waals surface area (Å²) in [4.78, 5) is 24.6. The van der Waals surface area contributed by atoms with E-state index in [2.05, 4.69) is 10.6 Å². The molecule has 0 bridgehead atoms. The number of carbonyl (C=O) groups excluding carboxylic acids is 2. The number of nitrogens with zero attached hydrogens (tertiary/aromatic N) is 1. The standard InChI is InChI=1S/C17H26N4O4S/c1-12-5-6-15(11-13(12)2)26(24,25)21-9-7-20(8-10-21)14(3)16(22)19-17(23)18-4/h5-6,11,14H,7-10H2,1-4H3,(H2,18,19,22,23)/p+1/t14-/m0/s1. The van der Waals surface area contributed by atoms with Crippen molar-refractivity contribution in [2.24, 2.45) is 0 Å². The molecule has 26 heavy (non-hydrogen) atoms. The van der Waals surface area contributed by atoms with Crippen LogP contribution in [0, 0.1) is 13.8 Å². The smallest absolute Gasteiger partial charge is 0.321 e. The van der Waals surface area contributed by atoms with Crippen LogP contribution in [0.5, 0.6) is 0 Å². The maximum absolute atomic E-state index is 12.8. The minimum atomic E-state index is -3.54. The zero-order valence-corrected chi connectivity index (χ0v) is 16.4. The van der Waals surface area contributed by atoms with E-state index in [1.165, 1.54) is 11.4 Å². The number of benzene rings is 1. The summed E-state index contributed by atoms with van der Waals surface area (Å²) >= 11 is 0. The largest absolute Gasteiger partial charge is 0.341 e. The summed E-state index contributed by atoms with van der Waals surface area (Å²) in [5.74, 6) is -0.371. The molecule has 9 heteroatoms. The molecule has 1 aliphatic rings. The van der Waals surface area contributed by atoms with Crippen molar-refractivity contribution in [2.45, 2.75) is 31.7 Å². The molecule has 144 valence electrons. The van der Waals surface area contributed by atoms with E-state index in [9.17, 15) is 18.0 Å². The highest BCUT2D eigenvalue weighted by atomic mass is 32.2. The second-order valence-electron chi connectivity index (χ2n) is 6.60. The monoisotopic (exact) mass is 383 g/mol. The lowest BCUT2D eigenvalue weighted by Gasteiger charge is -2.34. The van der Waals surface area contributed by atoms with Gasteiger partial charge in [-0.05, 0) is 44.0 Å². The van der Waals surface area contributed by atoms with Crippen molar-refractivity contribution < 1.29 is 22.9 Å². The minimum absolute atomic E-state index is 0.300. The van der Waals surface area contributed by atoms with Gasteiger partial charge in [0.2, 0.25) is 10.0 Å². The second kappa shape index (κ2) is 8.15. The Morgan fingerprint density at radius 2 is 1.77 bits per heavy atom. The van der Waals surface area contributed by atoms with Gasteiger partial charge in [0, 0.05) is 7.05 Å². The van der Waals surface area contributed by atoms with Gasteiger partial charge < -0.3 is 10.2 Å². The fourth-order valence-corrected chi connectivity index (χ4v) is 4.47. The van der Waals surface area contributed by atoms with Gasteiger partial charge in [0.05, 0.1) is 31.1 Å². The van der Waals surface area contributed by atoms with Gasteiger partial charge >= 0.3 is 6.03 Å². The molecule has 1 aromatic carbocycles. The van der Waals surface area contributed by atoms with E-state index in [0.29, 0.717) is 31.1 Å². The third-order valence-corrected chi connectivity index (χ3v) is 6.84. The molecule has 0 unspecified atom stereocenters. The van der Waals surface area contributed by atoms with E-state index in [1.54, 1.807) is 19.1 Å². The Hall–Kier alpha value is -1.97. The van der Waals surface area contributed by atoms with Crippen molar-refractivity contribution in [2.75, 3.05) is 33.2 Å². The van der Waals surface area contributed by atoms with Gasteiger partial charge in [-0.25, -0.2) is 13.2 Å². The molecule has 1 atom stereocenters. The number of quaternary nitrogens is 1. The quantitative estimate of drug-likeness (QED) is 0.623. The molecular formula is C17H27N4O4S+. The van der Waals surface area contributed by atoms with Crippen LogP contribution < -0.4 is 15.5 Å². The van der Waals surface area contributed by atoms with Gasteiger partial charge in [-0.1, -0.05) is 6.07 Å². The molecule has 1 heterocycles. The molecule has 2 rings (SSSR count). The minimum Gasteiger partial charge on any atom is -0.341 e. The highest BCUT2D eigenvalue weighted by molar-refractivity contribution is 7.89. The van der Waals surface area contributed by atoms with Crippen LogP contribution in [0.3, 0.4) is 0 Å². The zero-order valence-electron chi connectivity index (χ0n) is 15.6. The maximum Gasteiger partial charge on any atom is 0.321 e. The zero-order chi connectivity index (χ0) is 19.5. The number of piperazine rings is 1. The van der Waals surface area contributed by atoms with Crippen molar-refractivity contribution in [1.29, 1.82) is 0 Å². The summed E-state index contributed by atoms with van der Waals surface area (Å²) in [6, 6.07) is 4.17.